The van der Waals surface area contributed by atoms with Crippen molar-refractivity contribution in [2.75, 3.05) is 6.54 Å². The lowest BCUT2D eigenvalue weighted by Gasteiger charge is -2.07. The molecule has 4 aromatic rings. The van der Waals surface area contributed by atoms with Gasteiger partial charge in [-0.05, 0) is 50.8 Å². The second kappa shape index (κ2) is 8.16. The molecule has 1 amide bonds. The van der Waals surface area contributed by atoms with Crippen LogP contribution in [0.3, 0.4) is 0 Å². The molecule has 29 heavy (non-hydrogen) atoms. The molecule has 8 heteroatoms. The Hall–Kier alpha value is -3.00. The predicted molar refractivity (Wildman–Crippen MR) is 115 cm³/mol. The van der Waals surface area contributed by atoms with Crippen LogP contribution in [0.2, 0.25) is 0 Å². The third kappa shape index (κ3) is 4.07. The summed E-state index contributed by atoms with van der Waals surface area (Å²) in [5.74, 6) is -0.0638. The van der Waals surface area contributed by atoms with Crippen molar-refractivity contribution in [1.29, 1.82) is 0 Å². The molecule has 0 spiro atoms. The number of aryl methyl sites for hydroxylation is 4. The monoisotopic (exact) mass is 408 g/mol. The molecule has 0 aliphatic carbocycles. The van der Waals surface area contributed by atoms with Gasteiger partial charge in [-0.1, -0.05) is 6.07 Å². The van der Waals surface area contributed by atoms with Crippen LogP contribution in [-0.2, 0) is 17.9 Å². The first-order valence-electron chi connectivity index (χ1n) is 9.66. The van der Waals surface area contributed by atoms with Gasteiger partial charge in [0.25, 0.3) is 0 Å². The molecule has 4 heterocycles. The average molecular weight is 409 g/mol. The first-order valence-corrected chi connectivity index (χ1v) is 10.5. The second-order valence-corrected chi connectivity index (χ2v) is 8.08. The van der Waals surface area contributed by atoms with Crippen LogP contribution >= 0.6 is 11.3 Å². The second-order valence-electron chi connectivity index (χ2n) is 7.13. The number of carbonyl (C=O) groups is 1. The summed E-state index contributed by atoms with van der Waals surface area (Å²) >= 11 is 1.69. The summed E-state index contributed by atoms with van der Waals surface area (Å²) in [4.78, 5) is 18.1. The van der Waals surface area contributed by atoms with Gasteiger partial charge in [0.05, 0.1) is 16.8 Å². The van der Waals surface area contributed by atoms with Crippen molar-refractivity contribution < 1.29 is 4.79 Å². The van der Waals surface area contributed by atoms with Crippen LogP contribution < -0.4 is 5.32 Å². The highest BCUT2D eigenvalue weighted by atomic mass is 32.1. The van der Waals surface area contributed by atoms with Gasteiger partial charge in [0, 0.05) is 35.4 Å². The van der Waals surface area contributed by atoms with Gasteiger partial charge in [0.15, 0.2) is 5.65 Å². The summed E-state index contributed by atoms with van der Waals surface area (Å²) in [7, 11) is 0. The third-order valence-electron chi connectivity index (χ3n) is 4.86. The lowest BCUT2D eigenvalue weighted by Crippen LogP contribution is -2.29. The van der Waals surface area contributed by atoms with E-state index in [1.54, 1.807) is 22.2 Å². The maximum absolute atomic E-state index is 12.4. The number of fused-ring (bicyclic) bond motifs is 1. The third-order valence-corrected chi connectivity index (χ3v) is 5.76. The van der Waals surface area contributed by atoms with Crippen LogP contribution in [-0.4, -0.2) is 37.0 Å². The first-order chi connectivity index (χ1) is 14.0. The molecule has 0 fully saturated rings. The first kappa shape index (κ1) is 19.3. The van der Waals surface area contributed by atoms with Crippen molar-refractivity contribution in [1.82, 2.24) is 29.9 Å². The summed E-state index contributed by atoms with van der Waals surface area (Å²) in [5.41, 5.74) is 4.89. The number of rotatable bonds is 7. The van der Waals surface area contributed by atoms with Crippen LogP contribution in [0.25, 0.3) is 21.5 Å². The Balaban J connectivity index is 1.41. The minimum absolute atomic E-state index is 0.0638. The van der Waals surface area contributed by atoms with E-state index in [-0.39, 0.29) is 12.5 Å². The molecule has 0 saturated carbocycles. The van der Waals surface area contributed by atoms with Crippen LogP contribution in [0, 0.1) is 20.8 Å². The van der Waals surface area contributed by atoms with Crippen molar-refractivity contribution in [3.8, 4) is 10.4 Å². The largest absolute Gasteiger partial charge is 0.354 e. The van der Waals surface area contributed by atoms with E-state index in [2.05, 4.69) is 38.0 Å². The van der Waals surface area contributed by atoms with Crippen molar-refractivity contribution in [3.05, 3.63) is 52.9 Å². The van der Waals surface area contributed by atoms with Crippen molar-refractivity contribution in [3.63, 3.8) is 0 Å². The van der Waals surface area contributed by atoms with Crippen LogP contribution in [0.1, 0.15) is 23.5 Å². The lowest BCUT2D eigenvalue weighted by molar-refractivity contribution is -0.121. The topological polar surface area (TPSA) is 77.6 Å². The number of amides is 1. The van der Waals surface area contributed by atoms with Crippen molar-refractivity contribution in [2.24, 2.45) is 0 Å². The molecule has 0 aliphatic rings. The number of nitrogens with one attached hydrogen (secondary N) is 1. The lowest BCUT2D eigenvalue weighted by atomic mass is 10.1. The molecule has 1 N–H and O–H groups in total. The van der Waals surface area contributed by atoms with Gasteiger partial charge in [-0.3, -0.25) is 9.48 Å². The van der Waals surface area contributed by atoms with Crippen LogP contribution in [0.5, 0.6) is 0 Å². The zero-order valence-corrected chi connectivity index (χ0v) is 17.7. The van der Waals surface area contributed by atoms with Crippen LogP contribution in [0.15, 0.2) is 35.8 Å². The summed E-state index contributed by atoms with van der Waals surface area (Å²) in [6.07, 6.45) is 2.61. The van der Waals surface area contributed by atoms with E-state index in [9.17, 15) is 4.79 Å². The normalized spacial score (nSPS) is 11.3. The molecule has 0 radical (unpaired) electrons. The maximum Gasteiger partial charge on any atom is 0.241 e. The average Bonchev–Trinajstić information content (AvgIpc) is 3.40. The van der Waals surface area contributed by atoms with Gasteiger partial charge in [-0.2, -0.15) is 10.2 Å². The van der Waals surface area contributed by atoms with Gasteiger partial charge in [-0.15, -0.1) is 11.3 Å². The minimum Gasteiger partial charge on any atom is -0.354 e. The molecule has 4 aromatic heterocycles. The molecule has 7 nitrogen and oxygen atoms in total. The highest BCUT2D eigenvalue weighted by Crippen LogP contribution is 2.32. The Kier molecular flexibility index (Phi) is 5.44. The van der Waals surface area contributed by atoms with Gasteiger partial charge < -0.3 is 5.32 Å². The summed E-state index contributed by atoms with van der Waals surface area (Å²) in [6, 6.07) is 8.19. The maximum atomic E-state index is 12.4. The predicted octanol–water partition coefficient (Wildman–Crippen LogP) is 3.49. The van der Waals surface area contributed by atoms with E-state index in [0.717, 1.165) is 46.6 Å². The van der Waals surface area contributed by atoms with Crippen LogP contribution in [0.4, 0.5) is 0 Å². The zero-order chi connectivity index (χ0) is 20.4. The molecule has 0 saturated heterocycles. The number of thiophene rings is 1. The van der Waals surface area contributed by atoms with Crippen molar-refractivity contribution in [2.45, 2.75) is 40.3 Å². The number of carbonyl (C=O) groups excluding carboxylic acids is 1. The zero-order valence-electron chi connectivity index (χ0n) is 16.8. The fourth-order valence-electron chi connectivity index (χ4n) is 3.58. The van der Waals surface area contributed by atoms with E-state index in [4.69, 9.17) is 0 Å². The number of hydrogen-bond donors (Lipinski definition) is 1. The van der Waals surface area contributed by atoms with Crippen molar-refractivity contribution >= 4 is 28.3 Å². The SMILES string of the molecule is Cc1cc(C)n(CCCNC(=O)Cn2nc(C)c3c(-c4cccs4)ccnc32)n1. The quantitative estimate of drug-likeness (QED) is 0.475. The van der Waals surface area contributed by atoms with Gasteiger partial charge in [0.2, 0.25) is 5.91 Å². The molecule has 0 atom stereocenters. The molecular formula is C21H24N6OS. The molecule has 0 aliphatic heterocycles. The highest BCUT2D eigenvalue weighted by molar-refractivity contribution is 7.13. The Morgan fingerprint density at radius 1 is 1.17 bits per heavy atom. The molecule has 4 rings (SSSR count). The molecule has 150 valence electrons. The summed E-state index contributed by atoms with van der Waals surface area (Å²) in [6.45, 7) is 7.54. The minimum atomic E-state index is -0.0638. The number of nitrogens with zero attached hydrogens (tertiary/aromatic N) is 5. The fourth-order valence-corrected chi connectivity index (χ4v) is 4.34. The Morgan fingerprint density at radius 3 is 2.76 bits per heavy atom. The van der Waals surface area contributed by atoms with E-state index < -0.39 is 0 Å². The molecule has 0 bridgehead atoms. The van der Waals surface area contributed by atoms with E-state index >= 15 is 0 Å². The standard InChI is InChI=1S/C21H24N6OS/c1-14-12-15(2)26(24-14)10-5-8-22-19(28)13-27-21-20(16(3)25-27)17(7-9-23-21)18-6-4-11-29-18/h4,6-7,9,11-12H,5,8,10,13H2,1-3H3,(H,22,28). The van der Waals surface area contributed by atoms with Gasteiger partial charge in [-0.25, -0.2) is 9.67 Å². The highest BCUT2D eigenvalue weighted by Gasteiger charge is 2.16. The molecule has 0 unspecified atom stereocenters. The number of pyridine rings is 1. The Morgan fingerprint density at radius 2 is 2.03 bits per heavy atom. The van der Waals surface area contributed by atoms with E-state index in [1.807, 2.05) is 37.6 Å². The molecular weight excluding hydrogens is 384 g/mol. The smallest absolute Gasteiger partial charge is 0.241 e. The molecule has 0 aromatic carbocycles. The fraction of sp³-hybridized carbons (Fsp3) is 0.333. The van der Waals surface area contributed by atoms with Gasteiger partial charge >= 0.3 is 0 Å². The number of hydrogen-bond acceptors (Lipinski definition) is 5. The van der Waals surface area contributed by atoms with E-state index in [1.165, 1.54) is 4.88 Å². The van der Waals surface area contributed by atoms with Gasteiger partial charge in [0.1, 0.15) is 6.54 Å². The summed E-state index contributed by atoms with van der Waals surface area (Å²) in [5, 5.41) is 15.1. The summed E-state index contributed by atoms with van der Waals surface area (Å²) < 4.78 is 3.67. The van der Waals surface area contributed by atoms with E-state index in [0.29, 0.717) is 6.54 Å². The Bertz CT molecular complexity index is 1140. The number of aromatic nitrogens is 5. The Labute approximate surface area is 173 Å².